The van der Waals surface area contributed by atoms with E-state index >= 15 is 0 Å². The lowest BCUT2D eigenvalue weighted by atomic mass is 10.1. The van der Waals surface area contributed by atoms with Crippen molar-refractivity contribution in [3.05, 3.63) is 48.4 Å². The van der Waals surface area contributed by atoms with Crippen molar-refractivity contribution in [1.29, 1.82) is 5.26 Å². The topological polar surface area (TPSA) is 103 Å². The minimum atomic E-state index is -0.334. The van der Waals surface area contributed by atoms with Gasteiger partial charge in [0.1, 0.15) is 6.07 Å². The van der Waals surface area contributed by atoms with E-state index < -0.39 is 0 Å². The number of aromatic nitrogens is 4. The third kappa shape index (κ3) is 3.59. The van der Waals surface area contributed by atoms with E-state index in [1.807, 2.05) is 42.4 Å². The lowest BCUT2D eigenvalue weighted by Gasteiger charge is -2.19. The maximum absolute atomic E-state index is 9.76. The van der Waals surface area contributed by atoms with Crippen LogP contribution in [0.25, 0.3) is 11.3 Å². The number of rotatable bonds is 4. The zero-order valence-corrected chi connectivity index (χ0v) is 14.9. The van der Waals surface area contributed by atoms with E-state index in [-0.39, 0.29) is 6.10 Å². The number of aliphatic hydroxyl groups is 1. The summed E-state index contributed by atoms with van der Waals surface area (Å²) < 4.78 is 1.69. The highest BCUT2D eigenvalue weighted by molar-refractivity contribution is 5.70. The number of aryl methyl sites for hydroxylation is 1. The SMILES string of the molecule is Cn1cc(Nc2nccc(-c3ccc(N4CCC(O)C4)c(C#N)c3)n2)cn1. The quantitative estimate of drug-likeness (QED) is 0.733. The average Bonchev–Trinajstić information content (AvgIpc) is 3.29. The first-order chi connectivity index (χ1) is 13.1. The van der Waals surface area contributed by atoms with Gasteiger partial charge in [-0.15, -0.1) is 0 Å². The second kappa shape index (κ2) is 7.05. The molecule has 1 aliphatic rings. The molecule has 27 heavy (non-hydrogen) atoms. The van der Waals surface area contributed by atoms with Crippen molar-refractivity contribution in [3.8, 4) is 17.3 Å². The highest BCUT2D eigenvalue weighted by atomic mass is 16.3. The lowest BCUT2D eigenvalue weighted by Crippen LogP contribution is -2.22. The van der Waals surface area contributed by atoms with Crippen LogP contribution in [0, 0.1) is 11.3 Å². The molecular weight excluding hydrogens is 342 g/mol. The summed E-state index contributed by atoms with van der Waals surface area (Å²) in [6, 6.07) is 9.76. The van der Waals surface area contributed by atoms with E-state index in [2.05, 4.69) is 26.5 Å². The summed E-state index contributed by atoms with van der Waals surface area (Å²) in [6.45, 7) is 1.31. The number of benzene rings is 1. The smallest absolute Gasteiger partial charge is 0.227 e. The first kappa shape index (κ1) is 17.0. The van der Waals surface area contributed by atoms with Gasteiger partial charge in [0.25, 0.3) is 0 Å². The van der Waals surface area contributed by atoms with E-state index in [9.17, 15) is 10.4 Å². The molecule has 0 radical (unpaired) electrons. The molecule has 1 saturated heterocycles. The fraction of sp³-hybridized carbons (Fsp3) is 0.263. The Morgan fingerprint density at radius 2 is 2.22 bits per heavy atom. The Balaban J connectivity index is 1.61. The molecule has 136 valence electrons. The van der Waals surface area contributed by atoms with Crippen LogP contribution in [-0.4, -0.2) is 44.0 Å². The van der Waals surface area contributed by atoms with Gasteiger partial charge in [-0.25, -0.2) is 9.97 Å². The largest absolute Gasteiger partial charge is 0.391 e. The van der Waals surface area contributed by atoms with Gasteiger partial charge in [0.2, 0.25) is 5.95 Å². The fourth-order valence-corrected chi connectivity index (χ4v) is 3.22. The molecule has 1 aliphatic heterocycles. The monoisotopic (exact) mass is 361 g/mol. The van der Waals surface area contributed by atoms with E-state index in [4.69, 9.17) is 0 Å². The predicted octanol–water partition coefficient (Wildman–Crippen LogP) is 2.06. The number of nitrogens with zero attached hydrogens (tertiary/aromatic N) is 6. The Morgan fingerprint density at radius 3 is 2.93 bits per heavy atom. The molecule has 4 rings (SSSR count). The fourth-order valence-electron chi connectivity index (χ4n) is 3.22. The lowest BCUT2D eigenvalue weighted by molar-refractivity contribution is 0.198. The second-order valence-corrected chi connectivity index (χ2v) is 6.53. The molecule has 2 N–H and O–H groups in total. The van der Waals surface area contributed by atoms with Crippen molar-refractivity contribution >= 4 is 17.3 Å². The average molecular weight is 361 g/mol. The van der Waals surface area contributed by atoms with Crippen LogP contribution in [0.1, 0.15) is 12.0 Å². The minimum absolute atomic E-state index is 0.334. The maximum atomic E-state index is 9.76. The van der Waals surface area contributed by atoms with Gasteiger partial charge in [0.05, 0.1) is 34.9 Å². The normalized spacial score (nSPS) is 16.3. The first-order valence-corrected chi connectivity index (χ1v) is 8.68. The van der Waals surface area contributed by atoms with Crippen molar-refractivity contribution < 1.29 is 5.11 Å². The third-order valence-corrected chi connectivity index (χ3v) is 4.53. The van der Waals surface area contributed by atoms with E-state index in [1.54, 1.807) is 17.1 Å². The Bertz CT molecular complexity index is 1010. The summed E-state index contributed by atoms with van der Waals surface area (Å²) >= 11 is 0. The van der Waals surface area contributed by atoms with E-state index in [1.165, 1.54) is 0 Å². The second-order valence-electron chi connectivity index (χ2n) is 6.53. The van der Waals surface area contributed by atoms with Crippen LogP contribution in [-0.2, 0) is 7.05 Å². The van der Waals surface area contributed by atoms with Crippen molar-refractivity contribution in [2.75, 3.05) is 23.3 Å². The molecule has 0 aliphatic carbocycles. The zero-order chi connectivity index (χ0) is 18.8. The van der Waals surface area contributed by atoms with E-state index in [0.29, 0.717) is 18.1 Å². The molecule has 0 saturated carbocycles. The van der Waals surface area contributed by atoms with Crippen molar-refractivity contribution in [2.45, 2.75) is 12.5 Å². The number of aliphatic hydroxyl groups excluding tert-OH is 1. The van der Waals surface area contributed by atoms with Crippen LogP contribution < -0.4 is 10.2 Å². The molecule has 1 unspecified atom stereocenters. The first-order valence-electron chi connectivity index (χ1n) is 8.68. The number of β-amino-alcohol motifs (C(OH)–C–C–N with tert-alkyl or cyclic N) is 1. The van der Waals surface area contributed by atoms with Crippen LogP contribution in [0.5, 0.6) is 0 Å². The molecule has 8 heteroatoms. The Morgan fingerprint density at radius 1 is 1.33 bits per heavy atom. The van der Waals surface area contributed by atoms with Crippen LogP contribution >= 0.6 is 0 Å². The van der Waals surface area contributed by atoms with Gasteiger partial charge in [0.15, 0.2) is 0 Å². The van der Waals surface area contributed by atoms with Gasteiger partial charge < -0.3 is 15.3 Å². The summed E-state index contributed by atoms with van der Waals surface area (Å²) in [7, 11) is 1.84. The van der Waals surface area contributed by atoms with Crippen molar-refractivity contribution in [1.82, 2.24) is 19.7 Å². The summed E-state index contributed by atoms with van der Waals surface area (Å²) in [6.07, 6.45) is 5.60. The summed E-state index contributed by atoms with van der Waals surface area (Å²) in [4.78, 5) is 10.8. The molecule has 2 aromatic heterocycles. The summed E-state index contributed by atoms with van der Waals surface area (Å²) in [5.74, 6) is 0.464. The standard InChI is InChI=1S/C19H19N7O/c1-25-11-15(10-22-25)23-19-21-6-4-17(24-19)13-2-3-18(14(8-13)9-20)26-7-5-16(27)12-26/h2-4,6,8,10-11,16,27H,5,7,12H2,1H3,(H,21,23,24). The molecule has 0 amide bonds. The molecule has 1 aromatic carbocycles. The molecule has 0 bridgehead atoms. The highest BCUT2D eigenvalue weighted by Crippen LogP contribution is 2.29. The van der Waals surface area contributed by atoms with Crippen LogP contribution in [0.3, 0.4) is 0 Å². The van der Waals surface area contributed by atoms with Crippen LogP contribution in [0.4, 0.5) is 17.3 Å². The van der Waals surface area contributed by atoms with E-state index in [0.717, 1.165) is 35.6 Å². The number of hydrogen-bond donors (Lipinski definition) is 2. The van der Waals surface area contributed by atoms with Gasteiger partial charge in [-0.2, -0.15) is 10.4 Å². The third-order valence-electron chi connectivity index (χ3n) is 4.53. The predicted molar refractivity (Wildman–Crippen MR) is 102 cm³/mol. The molecule has 3 heterocycles. The molecular formula is C19H19N7O. The van der Waals surface area contributed by atoms with Gasteiger partial charge in [-0.1, -0.05) is 6.07 Å². The minimum Gasteiger partial charge on any atom is -0.391 e. The molecule has 1 fully saturated rings. The maximum Gasteiger partial charge on any atom is 0.227 e. The van der Waals surface area contributed by atoms with Crippen molar-refractivity contribution in [2.24, 2.45) is 7.05 Å². The van der Waals surface area contributed by atoms with Crippen molar-refractivity contribution in [3.63, 3.8) is 0 Å². The molecule has 8 nitrogen and oxygen atoms in total. The van der Waals surface area contributed by atoms with Gasteiger partial charge in [-0.05, 0) is 24.6 Å². The Hall–Kier alpha value is -3.44. The van der Waals surface area contributed by atoms with Gasteiger partial charge >= 0.3 is 0 Å². The molecule has 0 spiro atoms. The number of nitriles is 1. The van der Waals surface area contributed by atoms with Gasteiger partial charge in [-0.3, -0.25) is 4.68 Å². The van der Waals surface area contributed by atoms with Gasteiger partial charge in [0, 0.05) is 38.1 Å². The Kier molecular flexibility index (Phi) is 4.44. The number of anilines is 3. The number of nitrogens with one attached hydrogen (secondary N) is 1. The number of hydrogen-bond acceptors (Lipinski definition) is 7. The zero-order valence-electron chi connectivity index (χ0n) is 14.9. The Labute approximate surface area is 156 Å². The molecule has 1 atom stereocenters. The summed E-state index contributed by atoms with van der Waals surface area (Å²) in [5.41, 5.74) is 3.78. The van der Waals surface area contributed by atoms with Crippen LogP contribution in [0.15, 0.2) is 42.9 Å². The summed E-state index contributed by atoms with van der Waals surface area (Å²) in [5, 5.41) is 26.6. The highest BCUT2D eigenvalue weighted by Gasteiger charge is 2.22. The molecule has 3 aromatic rings. The van der Waals surface area contributed by atoms with Crippen LogP contribution in [0.2, 0.25) is 0 Å².